The molecule has 1 saturated heterocycles. The summed E-state index contributed by atoms with van der Waals surface area (Å²) in [5.74, 6) is 1.45. The standard InChI is InChI=1S/C11H16N4O2S2/c1-8(6-12)18-11-14-13-10(15(11)2)5-9-3-4-19(16,17)7-9/h8-9H,3-5,7H2,1-2H3/t8-,9+/m1/s1. The maximum atomic E-state index is 11.4. The molecule has 1 aliphatic heterocycles. The Morgan fingerprint density at radius 1 is 1.58 bits per heavy atom. The first kappa shape index (κ1) is 14.3. The van der Waals surface area contributed by atoms with E-state index >= 15 is 0 Å². The molecule has 0 spiro atoms. The number of rotatable bonds is 4. The molecule has 104 valence electrons. The van der Waals surface area contributed by atoms with Gasteiger partial charge in [0.1, 0.15) is 5.82 Å². The third-order valence-electron chi connectivity index (χ3n) is 3.19. The highest BCUT2D eigenvalue weighted by atomic mass is 32.2. The summed E-state index contributed by atoms with van der Waals surface area (Å²) in [6, 6.07) is 2.14. The van der Waals surface area contributed by atoms with E-state index in [4.69, 9.17) is 5.26 Å². The van der Waals surface area contributed by atoms with Crippen LogP contribution in [0.4, 0.5) is 0 Å². The van der Waals surface area contributed by atoms with Crippen LogP contribution in [0, 0.1) is 17.2 Å². The molecule has 0 unspecified atom stereocenters. The second-order valence-electron chi connectivity index (χ2n) is 4.82. The van der Waals surface area contributed by atoms with Crippen LogP contribution in [0.25, 0.3) is 0 Å². The minimum Gasteiger partial charge on any atom is -0.309 e. The van der Waals surface area contributed by atoms with Crippen molar-refractivity contribution in [3.05, 3.63) is 5.82 Å². The van der Waals surface area contributed by atoms with E-state index in [1.165, 1.54) is 11.8 Å². The molecule has 19 heavy (non-hydrogen) atoms. The monoisotopic (exact) mass is 300 g/mol. The van der Waals surface area contributed by atoms with Crippen molar-refractivity contribution in [2.45, 2.75) is 30.2 Å². The number of sulfone groups is 1. The highest BCUT2D eigenvalue weighted by Crippen LogP contribution is 2.25. The lowest BCUT2D eigenvalue weighted by Crippen LogP contribution is -2.11. The largest absolute Gasteiger partial charge is 0.309 e. The van der Waals surface area contributed by atoms with Gasteiger partial charge in [-0.25, -0.2) is 8.42 Å². The summed E-state index contributed by atoms with van der Waals surface area (Å²) < 4.78 is 24.7. The molecule has 0 aromatic carbocycles. The van der Waals surface area contributed by atoms with Gasteiger partial charge in [0.15, 0.2) is 15.0 Å². The van der Waals surface area contributed by atoms with Crippen molar-refractivity contribution in [2.75, 3.05) is 11.5 Å². The lowest BCUT2D eigenvalue weighted by atomic mass is 10.1. The predicted octanol–water partition coefficient (Wildman–Crippen LogP) is 0.796. The van der Waals surface area contributed by atoms with Crippen molar-refractivity contribution in [3.8, 4) is 6.07 Å². The lowest BCUT2D eigenvalue weighted by Gasteiger charge is -2.07. The normalized spacial score (nSPS) is 23.1. The first-order valence-electron chi connectivity index (χ1n) is 6.06. The molecule has 0 amide bonds. The van der Waals surface area contributed by atoms with Crippen LogP contribution in [0.2, 0.25) is 0 Å². The topological polar surface area (TPSA) is 88.6 Å². The second-order valence-corrected chi connectivity index (χ2v) is 8.36. The molecule has 1 fully saturated rings. The van der Waals surface area contributed by atoms with Gasteiger partial charge in [0.05, 0.1) is 22.8 Å². The van der Waals surface area contributed by atoms with E-state index in [0.717, 1.165) is 5.82 Å². The molecule has 0 aliphatic carbocycles. The average molecular weight is 300 g/mol. The Bertz CT molecular complexity index is 603. The summed E-state index contributed by atoms with van der Waals surface area (Å²) in [6.45, 7) is 1.81. The fourth-order valence-electron chi connectivity index (χ4n) is 2.10. The molecule has 1 aromatic rings. The number of aromatic nitrogens is 3. The molecule has 0 radical (unpaired) electrons. The fourth-order valence-corrected chi connectivity index (χ4v) is 4.68. The van der Waals surface area contributed by atoms with E-state index in [0.29, 0.717) is 18.0 Å². The number of hydrogen-bond acceptors (Lipinski definition) is 6. The van der Waals surface area contributed by atoms with Gasteiger partial charge < -0.3 is 4.57 Å². The molecule has 2 rings (SSSR count). The number of hydrogen-bond donors (Lipinski definition) is 0. The predicted molar refractivity (Wildman–Crippen MR) is 72.4 cm³/mol. The molecular weight excluding hydrogens is 284 g/mol. The Kier molecular flexibility index (Phi) is 4.16. The maximum Gasteiger partial charge on any atom is 0.192 e. The van der Waals surface area contributed by atoms with E-state index < -0.39 is 9.84 Å². The molecule has 8 heteroatoms. The van der Waals surface area contributed by atoms with Crippen molar-refractivity contribution >= 4 is 21.6 Å². The van der Waals surface area contributed by atoms with Crippen LogP contribution in [0.1, 0.15) is 19.2 Å². The summed E-state index contributed by atoms with van der Waals surface area (Å²) in [5, 5.41) is 17.5. The first-order valence-corrected chi connectivity index (χ1v) is 8.76. The van der Waals surface area contributed by atoms with Gasteiger partial charge in [-0.3, -0.25) is 0 Å². The zero-order valence-electron chi connectivity index (χ0n) is 10.9. The van der Waals surface area contributed by atoms with Crippen molar-refractivity contribution in [2.24, 2.45) is 13.0 Å². The van der Waals surface area contributed by atoms with E-state index in [1.54, 1.807) is 0 Å². The summed E-state index contributed by atoms with van der Waals surface area (Å²) in [7, 11) is -0.998. The average Bonchev–Trinajstić information content (AvgIpc) is 2.86. The number of nitrogens with zero attached hydrogens (tertiary/aromatic N) is 4. The molecule has 2 atom stereocenters. The Morgan fingerprint density at radius 2 is 2.32 bits per heavy atom. The highest BCUT2D eigenvalue weighted by molar-refractivity contribution is 8.00. The Balaban J connectivity index is 2.05. The Morgan fingerprint density at radius 3 is 2.89 bits per heavy atom. The quantitative estimate of drug-likeness (QED) is 0.764. The molecule has 0 bridgehead atoms. The first-order chi connectivity index (χ1) is 8.91. The van der Waals surface area contributed by atoms with Gasteiger partial charge in [0, 0.05) is 13.5 Å². The van der Waals surface area contributed by atoms with Crippen molar-refractivity contribution in [3.63, 3.8) is 0 Å². The third-order valence-corrected chi connectivity index (χ3v) is 6.05. The van der Waals surface area contributed by atoms with Gasteiger partial charge in [-0.1, -0.05) is 11.8 Å². The smallest absolute Gasteiger partial charge is 0.192 e. The van der Waals surface area contributed by atoms with Crippen LogP contribution in [0.3, 0.4) is 0 Å². The second kappa shape index (κ2) is 5.51. The third kappa shape index (κ3) is 3.48. The summed E-state index contributed by atoms with van der Waals surface area (Å²) in [6.07, 6.45) is 1.33. The molecule has 6 nitrogen and oxygen atoms in total. The van der Waals surface area contributed by atoms with Gasteiger partial charge in [-0.05, 0) is 19.3 Å². The van der Waals surface area contributed by atoms with Crippen LogP contribution >= 0.6 is 11.8 Å². The van der Waals surface area contributed by atoms with E-state index in [9.17, 15) is 8.42 Å². The minimum absolute atomic E-state index is 0.138. The lowest BCUT2D eigenvalue weighted by molar-refractivity contribution is 0.552. The molecular formula is C11H16N4O2S2. The zero-order chi connectivity index (χ0) is 14.0. The van der Waals surface area contributed by atoms with Crippen LogP contribution in [0.5, 0.6) is 0 Å². The maximum absolute atomic E-state index is 11.4. The molecule has 1 aliphatic rings. The summed E-state index contributed by atoms with van der Waals surface area (Å²) >= 11 is 1.36. The summed E-state index contributed by atoms with van der Waals surface area (Å²) in [5.41, 5.74) is 0. The molecule has 1 aromatic heterocycles. The van der Waals surface area contributed by atoms with Crippen molar-refractivity contribution in [1.82, 2.24) is 14.8 Å². The highest BCUT2D eigenvalue weighted by Gasteiger charge is 2.29. The number of nitriles is 1. The van der Waals surface area contributed by atoms with Gasteiger partial charge >= 0.3 is 0 Å². The SMILES string of the molecule is C[C@H](C#N)Sc1nnc(C[C@@H]2CCS(=O)(=O)C2)n1C. The van der Waals surface area contributed by atoms with Crippen LogP contribution in [0.15, 0.2) is 5.16 Å². The van der Waals surface area contributed by atoms with E-state index in [-0.39, 0.29) is 22.7 Å². The number of thioether (sulfide) groups is 1. The fraction of sp³-hybridized carbons (Fsp3) is 0.727. The van der Waals surface area contributed by atoms with Gasteiger partial charge in [-0.2, -0.15) is 5.26 Å². The van der Waals surface area contributed by atoms with Crippen LogP contribution in [-0.2, 0) is 23.3 Å². The van der Waals surface area contributed by atoms with Gasteiger partial charge in [0.2, 0.25) is 0 Å². The van der Waals surface area contributed by atoms with E-state index in [2.05, 4.69) is 16.3 Å². The van der Waals surface area contributed by atoms with Crippen LogP contribution in [-0.4, -0.2) is 39.9 Å². The van der Waals surface area contributed by atoms with Crippen molar-refractivity contribution in [1.29, 1.82) is 5.26 Å². The van der Waals surface area contributed by atoms with Crippen LogP contribution < -0.4 is 0 Å². The molecule has 0 N–H and O–H groups in total. The Hall–Kier alpha value is -1.07. The van der Waals surface area contributed by atoms with E-state index in [1.807, 2.05) is 18.5 Å². The zero-order valence-corrected chi connectivity index (χ0v) is 12.5. The Labute approximate surface area is 117 Å². The van der Waals surface area contributed by atoms with Gasteiger partial charge in [-0.15, -0.1) is 10.2 Å². The molecule has 2 heterocycles. The molecule has 0 saturated carbocycles. The van der Waals surface area contributed by atoms with Crippen molar-refractivity contribution < 1.29 is 8.42 Å². The minimum atomic E-state index is -2.85. The van der Waals surface area contributed by atoms with Gasteiger partial charge in [0.25, 0.3) is 0 Å². The summed E-state index contributed by atoms with van der Waals surface area (Å²) in [4.78, 5) is 0.